The Morgan fingerprint density at radius 2 is 2.08 bits per heavy atom. The number of fused-ring (bicyclic) bond motifs is 1. The van der Waals surface area contributed by atoms with Gasteiger partial charge in [-0.05, 0) is 25.2 Å². The number of imidazole rings is 1. The maximum atomic E-state index is 12.9. The number of hydrogen-bond acceptors (Lipinski definition) is 3. The lowest BCUT2D eigenvalue weighted by atomic mass is 10.1. The molecule has 6 heteroatoms. The van der Waals surface area contributed by atoms with Crippen molar-refractivity contribution >= 4 is 11.4 Å². The largest absolute Gasteiger partial charge is 0.337 e. The minimum Gasteiger partial charge on any atom is -0.337 e. The molecule has 0 bridgehead atoms. The predicted molar refractivity (Wildman–Crippen MR) is 91.9 cm³/mol. The first kappa shape index (κ1) is 15.0. The van der Waals surface area contributed by atoms with E-state index in [1.54, 1.807) is 0 Å². The third kappa shape index (κ3) is 2.49. The highest BCUT2D eigenvalue weighted by Gasteiger charge is 2.31. The standard InChI is InChI=1S/C18H21N5O/c1-20-9-10-23(13-16(20)17-19-6-8-21(17)2)18(24)14-11-15-5-3-4-7-22(15)12-14/h3-8,11-12,16H,9-10,13H2,1-2H3. The number of amides is 1. The number of piperazine rings is 1. The molecule has 3 aromatic rings. The van der Waals surface area contributed by atoms with Crippen molar-refractivity contribution in [3.8, 4) is 0 Å². The second-order valence-electron chi connectivity index (χ2n) is 6.41. The van der Waals surface area contributed by atoms with Gasteiger partial charge in [0, 0.05) is 57.0 Å². The minimum atomic E-state index is 0.0889. The van der Waals surface area contributed by atoms with Gasteiger partial charge in [-0.2, -0.15) is 0 Å². The summed E-state index contributed by atoms with van der Waals surface area (Å²) in [4.78, 5) is 21.6. The summed E-state index contributed by atoms with van der Waals surface area (Å²) in [6.45, 7) is 2.24. The molecule has 1 unspecified atom stereocenters. The highest BCUT2D eigenvalue weighted by Crippen LogP contribution is 2.24. The van der Waals surface area contributed by atoms with Crippen molar-refractivity contribution in [3.05, 3.63) is 60.4 Å². The Morgan fingerprint density at radius 1 is 1.21 bits per heavy atom. The number of carbonyl (C=O) groups excluding carboxylic acids is 1. The highest BCUT2D eigenvalue weighted by molar-refractivity contribution is 5.95. The molecule has 6 nitrogen and oxygen atoms in total. The van der Waals surface area contributed by atoms with Crippen molar-refractivity contribution in [3.63, 3.8) is 0 Å². The van der Waals surface area contributed by atoms with Crippen LogP contribution in [0.25, 0.3) is 5.52 Å². The summed E-state index contributed by atoms with van der Waals surface area (Å²) in [5, 5.41) is 0. The van der Waals surface area contributed by atoms with Gasteiger partial charge in [0.05, 0.1) is 11.6 Å². The minimum absolute atomic E-state index is 0.0889. The molecule has 0 N–H and O–H groups in total. The maximum Gasteiger partial charge on any atom is 0.255 e. The van der Waals surface area contributed by atoms with Crippen LogP contribution in [0.1, 0.15) is 22.2 Å². The molecule has 1 saturated heterocycles. The van der Waals surface area contributed by atoms with Crippen molar-refractivity contribution in [2.45, 2.75) is 6.04 Å². The second kappa shape index (κ2) is 5.79. The number of carbonyl (C=O) groups is 1. The summed E-state index contributed by atoms with van der Waals surface area (Å²) in [6.07, 6.45) is 7.63. The Morgan fingerprint density at radius 3 is 2.83 bits per heavy atom. The fraction of sp³-hybridized carbons (Fsp3) is 0.333. The van der Waals surface area contributed by atoms with Crippen molar-refractivity contribution < 1.29 is 4.79 Å². The van der Waals surface area contributed by atoms with Crippen molar-refractivity contribution in [2.24, 2.45) is 7.05 Å². The lowest BCUT2D eigenvalue weighted by Gasteiger charge is -2.38. The lowest BCUT2D eigenvalue weighted by Crippen LogP contribution is -2.49. The van der Waals surface area contributed by atoms with E-state index in [1.807, 2.05) is 70.0 Å². The van der Waals surface area contributed by atoms with Crippen LogP contribution in [-0.2, 0) is 7.05 Å². The van der Waals surface area contributed by atoms with Crippen LogP contribution in [0, 0.1) is 0 Å². The normalized spacial score (nSPS) is 19.1. The summed E-state index contributed by atoms with van der Waals surface area (Å²) in [7, 11) is 4.09. The van der Waals surface area contributed by atoms with Crippen LogP contribution in [0.3, 0.4) is 0 Å². The van der Waals surface area contributed by atoms with Crippen molar-refractivity contribution in [1.29, 1.82) is 0 Å². The first-order valence-corrected chi connectivity index (χ1v) is 8.17. The maximum absolute atomic E-state index is 12.9. The first-order valence-electron chi connectivity index (χ1n) is 8.17. The van der Waals surface area contributed by atoms with E-state index >= 15 is 0 Å². The van der Waals surface area contributed by atoms with Crippen LogP contribution in [0.4, 0.5) is 0 Å². The number of pyridine rings is 1. The third-order valence-electron chi connectivity index (χ3n) is 4.84. The quantitative estimate of drug-likeness (QED) is 0.722. The molecule has 0 aromatic carbocycles. The van der Waals surface area contributed by atoms with Gasteiger partial charge in [-0.1, -0.05) is 6.07 Å². The number of nitrogens with zero attached hydrogens (tertiary/aromatic N) is 5. The van der Waals surface area contributed by atoms with Crippen LogP contribution in [0.5, 0.6) is 0 Å². The Bertz CT molecular complexity index is 847. The molecular weight excluding hydrogens is 302 g/mol. The van der Waals surface area contributed by atoms with Gasteiger partial charge in [0.2, 0.25) is 0 Å². The van der Waals surface area contributed by atoms with Crippen LogP contribution in [-0.4, -0.2) is 56.3 Å². The zero-order chi connectivity index (χ0) is 16.7. The van der Waals surface area contributed by atoms with Gasteiger partial charge >= 0.3 is 0 Å². The molecule has 3 aromatic heterocycles. The van der Waals surface area contributed by atoms with Gasteiger partial charge in [0.25, 0.3) is 5.91 Å². The molecule has 4 heterocycles. The molecule has 4 rings (SSSR count). The Kier molecular flexibility index (Phi) is 3.61. The zero-order valence-electron chi connectivity index (χ0n) is 14.0. The van der Waals surface area contributed by atoms with Crippen molar-refractivity contribution in [2.75, 3.05) is 26.7 Å². The lowest BCUT2D eigenvalue weighted by molar-refractivity contribution is 0.0529. The molecule has 1 atom stereocenters. The van der Waals surface area contributed by atoms with E-state index in [0.29, 0.717) is 6.54 Å². The number of hydrogen-bond donors (Lipinski definition) is 0. The molecule has 1 fully saturated rings. The predicted octanol–water partition coefficient (Wildman–Crippen LogP) is 1.80. The Hall–Kier alpha value is -2.60. The smallest absolute Gasteiger partial charge is 0.255 e. The number of likely N-dealkylation sites (N-methyl/N-ethyl adjacent to an activating group) is 1. The van der Waals surface area contributed by atoms with E-state index in [2.05, 4.69) is 16.9 Å². The Labute approximate surface area is 140 Å². The molecule has 1 aliphatic heterocycles. The highest BCUT2D eigenvalue weighted by atomic mass is 16.2. The van der Waals surface area contributed by atoms with Gasteiger partial charge in [-0.3, -0.25) is 9.69 Å². The van der Waals surface area contributed by atoms with Gasteiger partial charge < -0.3 is 13.9 Å². The van der Waals surface area contributed by atoms with Crippen LogP contribution in [0.2, 0.25) is 0 Å². The monoisotopic (exact) mass is 323 g/mol. The molecule has 0 saturated carbocycles. The number of aromatic nitrogens is 3. The molecule has 0 radical (unpaired) electrons. The van der Waals surface area contributed by atoms with E-state index < -0.39 is 0 Å². The molecule has 24 heavy (non-hydrogen) atoms. The van der Waals surface area contributed by atoms with Crippen LogP contribution < -0.4 is 0 Å². The van der Waals surface area contributed by atoms with E-state index in [1.165, 1.54) is 0 Å². The van der Waals surface area contributed by atoms with E-state index in [-0.39, 0.29) is 11.9 Å². The van der Waals surface area contributed by atoms with Crippen LogP contribution >= 0.6 is 0 Å². The molecule has 0 aliphatic carbocycles. The fourth-order valence-electron chi connectivity index (χ4n) is 3.39. The molecule has 124 valence electrons. The van der Waals surface area contributed by atoms with Gasteiger partial charge in [0.15, 0.2) is 0 Å². The summed E-state index contributed by atoms with van der Waals surface area (Å²) in [6, 6.07) is 8.04. The zero-order valence-corrected chi connectivity index (χ0v) is 14.0. The molecular formula is C18H21N5O. The summed E-state index contributed by atoms with van der Waals surface area (Å²) in [5.41, 5.74) is 1.78. The number of aryl methyl sites for hydroxylation is 1. The molecule has 1 amide bonds. The topological polar surface area (TPSA) is 45.8 Å². The SMILES string of the molecule is CN1CCN(C(=O)c2cc3ccccn3c2)CC1c1nccn1C. The van der Waals surface area contributed by atoms with E-state index in [4.69, 9.17) is 0 Å². The van der Waals surface area contributed by atoms with Gasteiger partial charge in [-0.25, -0.2) is 4.98 Å². The van der Waals surface area contributed by atoms with Gasteiger partial charge in [0.1, 0.15) is 5.82 Å². The van der Waals surface area contributed by atoms with Crippen molar-refractivity contribution in [1.82, 2.24) is 23.8 Å². The first-order chi connectivity index (χ1) is 11.6. The summed E-state index contributed by atoms with van der Waals surface area (Å²) in [5.74, 6) is 1.09. The molecule has 0 spiro atoms. The van der Waals surface area contributed by atoms with E-state index in [0.717, 1.165) is 30.0 Å². The number of rotatable bonds is 2. The second-order valence-corrected chi connectivity index (χ2v) is 6.41. The fourth-order valence-corrected chi connectivity index (χ4v) is 3.39. The Balaban J connectivity index is 1.59. The van der Waals surface area contributed by atoms with E-state index in [9.17, 15) is 4.79 Å². The molecule has 1 aliphatic rings. The summed E-state index contributed by atoms with van der Waals surface area (Å²) >= 11 is 0. The average Bonchev–Trinajstić information content (AvgIpc) is 3.20. The summed E-state index contributed by atoms with van der Waals surface area (Å²) < 4.78 is 4.02. The van der Waals surface area contributed by atoms with Crippen LogP contribution in [0.15, 0.2) is 49.1 Å². The van der Waals surface area contributed by atoms with Gasteiger partial charge in [-0.15, -0.1) is 0 Å². The average molecular weight is 323 g/mol. The third-order valence-corrected chi connectivity index (χ3v) is 4.84.